The van der Waals surface area contributed by atoms with E-state index in [4.69, 9.17) is 13.9 Å². The normalized spacial score (nSPS) is 17.8. The van der Waals surface area contributed by atoms with Crippen molar-refractivity contribution in [3.05, 3.63) is 42.1 Å². The van der Waals surface area contributed by atoms with Crippen LogP contribution in [0.3, 0.4) is 0 Å². The summed E-state index contributed by atoms with van der Waals surface area (Å²) in [4.78, 5) is 35.2. The minimum absolute atomic E-state index is 0.0819. The van der Waals surface area contributed by atoms with Gasteiger partial charge in [-0.3, -0.25) is 14.6 Å². The molecule has 0 saturated carbocycles. The quantitative estimate of drug-likeness (QED) is 0.823. The van der Waals surface area contributed by atoms with Crippen LogP contribution >= 0.6 is 0 Å². The van der Waals surface area contributed by atoms with Crippen LogP contribution in [0.5, 0.6) is 11.5 Å². The summed E-state index contributed by atoms with van der Waals surface area (Å²) >= 11 is 0. The highest BCUT2D eigenvalue weighted by atomic mass is 16.5. The predicted molar refractivity (Wildman–Crippen MR) is 103 cm³/mol. The fourth-order valence-corrected chi connectivity index (χ4v) is 3.55. The first-order valence-corrected chi connectivity index (χ1v) is 9.37. The number of amidine groups is 1. The number of hydrogen-bond donors (Lipinski definition) is 1. The van der Waals surface area contributed by atoms with Crippen LogP contribution in [-0.4, -0.2) is 53.3 Å². The largest absolute Gasteiger partial charge is 0.497 e. The Labute approximate surface area is 167 Å². The van der Waals surface area contributed by atoms with Gasteiger partial charge in [0.15, 0.2) is 12.3 Å². The smallest absolute Gasteiger partial charge is 0.275 e. The van der Waals surface area contributed by atoms with Crippen LogP contribution in [0.4, 0.5) is 0 Å². The summed E-state index contributed by atoms with van der Waals surface area (Å²) in [6, 6.07) is 7.14. The first-order chi connectivity index (χ1) is 14.0. The molecular formula is C20H22N4O5. The minimum atomic E-state index is -0.734. The van der Waals surface area contributed by atoms with Crippen LogP contribution in [0.15, 0.2) is 39.9 Å². The molecule has 9 nitrogen and oxygen atoms in total. The van der Waals surface area contributed by atoms with E-state index in [1.165, 1.54) is 6.26 Å². The Morgan fingerprint density at radius 1 is 1.24 bits per heavy atom. The summed E-state index contributed by atoms with van der Waals surface area (Å²) in [5.74, 6) is 2.02. The zero-order valence-corrected chi connectivity index (χ0v) is 16.3. The highest BCUT2D eigenvalue weighted by Crippen LogP contribution is 2.30. The van der Waals surface area contributed by atoms with Gasteiger partial charge in [-0.25, -0.2) is 4.98 Å². The number of nitrogens with zero attached hydrogens (tertiary/aromatic N) is 3. The summed E-state index contributed by atoms with van der Waals surface area (Å²) in [5, 5.41) is 2.75. The lowest BCUT2D eigenvalue weighted by Gasteiger charge is -2.35. The van der Waals surface area contributed by atoms with Crippen molar-refractivity contribution in [2.45, 2.75) is 31.9 Å². The first kappa shape index (κ1) is 19.0. The first-order valence-electron chi connectivity index (χ1n) is 9.37. The van der Waals surface area contributed by atoms with Crippen LogP contribution in [0.2, 0.25) is 0 Å². The monoisotopic (exact) mass is 398 g/mol. The Kier molecular flexibility index (Phi) is 4.96. The second-order valence-electron chi connectivity index (χ2n) is 7.07. The average Bonchev–Trinajstić information content (AvgIpc) is 3.31. The Hall–Kier alpha value is -3.36. The number of oxazole rings is 1. The number of aromatic nitrogens is 1. The number of ether oxygens (including phenoxy) is 2. The predicted octanol–water partition coefficient (Wildman–Crippen LogP) is 1.79. The fraction of sp³-hybridized carbons (Fsp3) is 0.400. The van der Waals surface area contributed by atoms with Gasteiger partial charge in [0, 0.05) is 13.1 Å². The fourth-order valence-electron chi connectivity index (χ4n) is 3.55. The summed E-state index contributed by atoms with van der Waals surface area (Å²) in [6.45, 7) is 2.76. The van der Waals surface area contributed by atoms with Gasteiger partial charge in [-0.05, 0) is 44.0 Å². The van der Waals surface area contributed by atoms with E-state index >= 15 is 0 Å². The third-order valence-corrected chi connectivity index (χ3v) is 5.17. The van der Waals surface area contributed by atoms with E-state index < -0.39 is 5.54 Å². The molecule has 3 heterocycles. The van der Waals surface area contributed by atoms with E-state index in [0.29, 0.717) is 43.4 Å². The summed E-state index contributed by atoms with van der Waals surface area (Å²) in [5.41, 5.74) is -0.507. The van der Waals surface area contributed by atoms with Gasteiger partial charge in [0.25, 0.3) is 11.8 Å². The number of hydrogen-bond acceptors (Lipinski definition) is 7. The zero-order chi connectivity index (χ0) is 20.4. The topological polar surface area (TPSA) is 106 Å². The number of rotatable bonds is 5. The van der Waals surface area contributed by atoms with E-state index in [9.17, 15) is 9.59 Å². The van der Waals surface area contributed by atoms with Crippen molar-refractivity contribution in [2.24, 2.45) is 4.99 Å². The highest BCUT2D eigenvalue weighted by molar-refractivity contribution is 6.07. The molecule has 0 bridgehead atoms. The molecular weight excluding hydrogens is 376 g/mol. The number of piperidine rings is 1. The Balaban J connectivity index is 1.33. The molecule has 2 amide bonds. The number of nitrogens with one attached hydrogen (secondary N) is 1. The summed E-state index contributed by atoms with van der Waals surface area (Å²) < 4.78 is 16.1. The van der Waals surface area contributed by atoms with Gasteiger partial charge in [0.05, 0.1) is 7.11 Å². The van der Waals surface area contributed by atoms with Crippen LogP contribution in [0.1, 0.15) is 36.1 Å². The van der Waals surface area contributed by atoms with E-state index in [-0.39, 0.29) is 24.1 Å². The Morgan fingerprint density at radius 2 is 1.93 bits per heavy atom. The second-order valence-corrected chi connectivity index (χ2v) is 7.07. The molecule has 2 aromatic rings. The number of likely N-dealkylation sites (tertiary alicyclic amines) is 1. The summed E-state index contributed by atoms with van der Waals surface area (Å²) in [7, 11) is 1.60. The van der Waals surface area contributed by atoms with Crippen LogP contribution in [0.25, 0.3) is 0 Å². The van der Waals surface area contributed by atoms with Gasteiger partial charge in [0.1, 0.15) is 29.1 Å². The lowest BCUT2D eigenvalue weighted by Crippen LogP contribution is -2.50. The molecule has 0 radical (unpaired) electrons. The van der Waals surface area contributed by atoms with Gasteiger partial charge in [0.2, 0.25) is 5.89 Å². The molecule has 1 aromatic carbocycles. The minimum Gasteiger partial charge on any atom is -0.497 e. The molecule has 2 aliphatic heterocycles. The van der Waals surface area contributed by atoms with E-state index in [1.54, 1.807) is 43.2 Å². The number of amides is 2. The van der Waals surface area contributed by atoms with Crippen molar-refractivity contribution < 1.29 is 23.5 Å². The van der Waals surface area contributed by atoms with Gasteiger partial charge in [-0.1, -0.05) is 0 Å². The molecule has 0 unspecified atom stereocenters. The molecule has 1 aromatic heterocycles. The van der Waals surface area contributed by atoms with E-state index in [1.807, 2.05) is 0 Å². The number of aliphatic imine (C=N–C) groups is 1. The molecule has 9 heteroatoms. The molecule has 4 rings (SSSR count). The maximum atomic E-state index is 12.7. The second kappa shape index (κ2) is 7.57. The number of benzene rings is 1. The van der Waals surface area contributed by atoms with Crippen LogP contribution < -0.4 is 14.8 Å². The SMILES string of the molecule is COc1ccc(OCc2nc(C(=O)N3CCC4(CC3)N=C(C)NC4=O)co2)cc1. The Bertz CT molecular complexity index is 942. The third kappa shape index (κ3) is 3.80. The van der Waals surface area contributed by atoms with Crippen LogP contribution in [-0.2, 0) is 11.4 Å². The zero-order valence-electron chi connectivity index (χ0n) is 16.3. The van der Waals surface area contributed by atoms with Crippen molar-refractivity contribution in [2.75, 3.05) is 20.2 Å². The average molecular weight is 398 g/mol. The van der Waals surface area contributed by atoms with Crippen molar-refractivity contribution in [1.82, 2.24) is 15.2 Å². The van der Waals surface area contributed by atoms with Crippen molar-refractivity contribution in [3.63, 3.8) is 0 Å². The number of methoxy groups -OCH3 is 1. The summed E-state index contributed by atoms with van der Waals surface area (Å²) in [6.07, 6.45) is 2.32. The van der Waals surface area contributed by atoms with E-state index in [0.717, 1.165) is 5.75 Å². The number of carbonyl (C=O) groups excluding carboxylic acids is 2. The van der Waals surface area contributed by atoms with Gasteiger partial charge >= 0.3 is 0 Å². The van der Waals surface area contributed by atoms with Gasteiger partial charge in [-0.2, -0.15) is 0 Å². The van der Waals surface area contributed by atoms with Crippen molar-refractivity contribution >= 4 is 17.6 Å². The van der Waals surface area contributed by atoms with Gasteiger partial charge < -0.3 is 24.1 Å². The molecule has 1 spiro atoms. The van der Waals surface area contributed by atoms with Crippen molar-refractivity contribution in [1.29, 1.82) is 0 Å². The Morgan fingerprint density at radius 3 is 2.55 bits per heavy atom. The molecule has 1 fully saturated rings. The van der Waals surface area contributed by atoms with Crippen molar-refractivity contribution in [3.8, 4) is 11.5 Å². The lowest BCUT2D eigenvalue weighted by molar-refractivity contribution is -0.125. The maximum absolute atomic E-state index is 12.7. The van der Waals surface area contributed by atoms with E-state index in [2.05, 4.69) is 15.3 Å². The standard InChI is InChI=1S/C20H22N4O5/c1-13-21-19(26)20(23-13)7-9-24(10-8-20)18(25)16-11-29-17(22-16)12-28-15-5-3-14(27-2)4-6-15/h3-6,11H,7-10,12H2,1-2H3,(H,21,23,26). The molecule has 1 saturated heterocycles. The molecule has 1 N–H and O–H groups in total. The van der Waals surface area contributed by atoms with Gasteiger partial charge in [-0.15, -0.1) is 0 Å². The number of carbonyl (C=O) groups is 2. The molecule has 2 aliphatic rings. The maximum Gasteiger partial charge on any atom is 0.275 e. The highest BCUT2D eigenvalue weighted by Gasteiger charge is 2.45. The molecule has 29 heavy (non-hydrogen) atoms. The van der Waals surface area contributed by atoms with Crippen LogP contribution in [0, 0.1) is 0 Å². The lowest BCUT2D eigenvalue weighted by atomic mass is 9.88. The molecule has 0 aliphatic carbocycles. The molecule has 152 valence electrons. The molecule has 0 atom stereocenters. The third-order valence-electron chi connectivity index (χ3n) is 5.17.